The maximum Gasteiger partial charge on any atom is 0.254 e. The van der Waals surface area contributed by atoms with Crippen molar-refractivity contribution in [2.24, 2.45) is 0 Å². The molecule has 1 aromatic carbocycles. The monoisotopic (exact) mass is 315 g/mol. The van der Waals surface area contributed by atoms with E-state index < -0.39 is 0 Å². The number of hydrogen-bond acceptors (Lipinski definition) is 3. The molecule has 0 spiro atoms. The van der Waals surface area contributed by atoms with E-state index in [0.717, 1.165) is 15.8 Å². The molecule has 0 aliphatic carbocycles. The summed E-state index contributed by atoms with van der Waals surface area (Å²) in [5.74, 6) is 1.38. The van der Waals surface area contributed by atoms with Crippen LogP contribution in [0.5, 0.6) is 5.88 Å². The van der Waals surface area contributed by atoms with Crippen LogP contribution < -0.4 is 4.74 Å². The molecule has 0 unspecified atom stereocenters. The van der Waals surface area contributed by atoms with Crippen LogP contribution in [-0.2, 0) is 11.0 Å². The Balaban J connectivity index is 1.93. The lowest BCUT2D eigenvalue weighted by Crippen LogP contribution is -1.94. The summed E-state index contributed by atoms with van der Waals surface area (Å²) in [5, 5.41) is 3.80. The summed E-state index contributed by atoms with van der Waals surface area (Å²) in [4.78, 5) is 0. The van der Waals surface area contributed by atoms with Gasteiger partial charge in [0.25, 0.3) is 5.88 Å². The van der Waals surface area contributed by atoms with Crippen LogP contribution in [0, 0.1) is 0 Å². The summed E-state index contributed by atoms with van der Waals surface area (Å²) in [7, 11) is 0. The lowest BCUT2D eigenvalue weighted by molar-refractivity contribution is 0.267. The van der Waals surface area contributed by atoms with Crippen LogP contribution in [0.25, 0.3) is 0 Å². The number of benzene rings is 1. The second-order valence-corrected chi connectivity index (χ2v) is 3.80. The smallest absolute Gasteiger partial charge is 0.254 e. The molecule has 15 heavy (non-hydrogen) atoms. The van der Waals surface area contributed by atoms with Crippen molar-refractivity contribution in [2.45, 2.75) is 11.0 Å². The van der Waals surface area contributed by atoms with E-state index in [4.69, 9.17) is 9.26 Å². The molecule has 0 N–H and O–H groups in total. The first-order valence-electron chi connectivity index (χ1n) is 4.57. The summed E-state index contributed by atoms with van der Waals surface area (Å²) < 4.78 is 11.3. The van der Waals surface area contributed by atoms with Gasteiger partial charge in [0.15, 0.2) is 0 Å². The number of hydrogen-bond donors (Lipinski definition) is 0. The fourth-order valence-electron chi connectivity index (χ4n) is 1.16. The normalized spacial score (nSPS) is 10.2. The Morgan fingerprint density at radius 1 is 1.27 bits per heavy atom. The minimum Gasteiger partial charge on any atom is -0.471 e. The van der Waals surface area contributed by atoms with E-state index in [2.05, 4.69) is 27.7 Å². The Kier molecular flexibility index (Phi) is 3.60. The molecule has 0 aliphatic rings. The zero-order valence-corrected chi connectivity index (χ0v) is 10.2. The second kappa shape index (κ2) is 5.16. The van der Waals surface area contributed by atoms with E-state index >= 15 is 0 Å². The molecule has 0 saturated heterocycles. The topological polar surface area (TPSA) is 35.3 Å². The Labute approximate surface area is 102 Å². The van der Waals surface area contributed by atoms with Gasteiger partial charge in [-0.2, -0.15) is 0 Å². The van der Waals surface area contributed by atoms with Gasteiger partial charge in [-0.3, -0.25) is 0 Å². The van der Waals surface area contributed by atoms with Gasteiger partial charge >= 0.3 is 0 Å². The molecule has 4 heteroatoms. The van der Waals surface area contributed by atoms with Crippen molar-refractivity contribution in [1.29, 1.82) is 0 Å². The van der Waals surface area contributed by atoms with Gasteiger partial charge in [0.2, 0.25) is 0 Å². The van der Waals surface area contributed by atoms with Crippen molar-refractivity contribution < 1.29 is 9.26 Å². The first kappa shape index (κ1) is 10.5. The number of nitrogens with zero attached hydrogens (tertiary/aromatic N) is 1. The number of ether oxygens (including phenoxy) is 1. The maximum atomic E-state index is 5.47. The number of rotatable bonds is 4. The molecule has 0 fully saturated rings. The van der Waals surface area contributed by atoms with Gasteiger partial charge in [-0.15, -0.1) is 0 Å². The number of alkyl halides is 1. The standard InChI is InChI=1S/C11H10INO2/c12-7-10-6-11(13-15-10)14-8-9-4-2-1-3-5-9/h1-6H,7-8H2. The van der Waals surface area contributed by atoms with E-state index in [1.807, 2.05) is 36.4 Å². The predicted molar refractivity (Wildman–Crippen MR) is 65.0 cm³/mol. The second-order valence-electron chi connectivity index (χ2n) is 3.04. The molecule has 0 amide bonds. The average Bonchev–Trinajstić information content (AvgIpc) is 2.76. The molecule has 0 aliphatic heterocycles. The molecule has 0 radical (unpaired) electrons. The van der Waals surface area contributed by atoms with Crippen LogP contribution in [0.3, 0.4) is 0 Å². The van der Waals surface area contributed by atoms with Crippen LogP contribution in [0.1, 0.15) is 11.3 Å². The highest BCUT2D eigenvalue weighted by Gasteiger charge is 2.03. The van der Waals surface area contributed by atoms with Crippen molar-refractivity contribution >= 4 is 22.6 Å². The summed E-state index contributed by atoms with van der Waals surface area (Å²) in [6, 6.07) is 11.8. The van der Waals surface area contributed by atoms with Gasteiger partial charge in [-0.05, 0) is 10.7 Å². The molecule has 1 heterocycles. The van der Waals surface area contributed by atoms with Gasteiger partial charge in [-0.25, -0.2) is 0 Å². The third kappa shape index (κ3) is 2.95. The van der Waals surface area contributed by atoms with E-state index in [1.165, 1.54) is 0 Å². The Bertz CT molecular complexity index is 414. The SMILES string of the molecule is ICc1cc(OCc2ccccc2)no1. The minimum atomic E-state index is 0.522. The molecule has 1 aromatic heterocycles. The van der Waals surface area contributed by atoms with Gasteiger partial charge in [-0.1, -0.05) is 52.9 Å². The number of aromatic nitrogens is 1. The van der Waals surface area contributed by atoms with E-state index in [-0.39, 0.29) is 0 Å². The lowest BCUT2D eigenvalue weighted by atomic mass is 10.2. The summed E-state index contributed by atoms with van der Waals surface area (Å²) in [6.07, 6.45) is 0. The number of halogens is 1. The van der Waals surface area contributed by atoms with Crippen molar-refractivity contribution in [2.75, 3.05) is 0 Å². The van der Waals surface area contributed by atoms with Crippen molar-refractivity contribution in [3.63, 3.8) is 0 Å². The predicted octanol–water partition coefficient (Wildman–Crippen LogP) is 3.19. The van der Waals surface area contributed by atoms with Crippen molar-refractivity contribution in [3.8, 4) is 5.88 Å². The Morgan fingerprint density at radius 3 is 2.73 bits per heavy atom. The highest BCUT2D eigenvalue weighted by Crippen LogP contribution is 2.15. The van der Waals surface area contributed by atoms with Crippen LogP contribution in [0.15, 0.2) is 40.9 Å². The van der Waals surface area contributed by atoms with Gasteiger partial charge in [0, 0.05) is 6.07 Å². The molecule has 78 valence electrons. The van der Waals surface area contributed by atoms with Crippen molar-refractivity contribution in [1.82, 2.24) is 5.16 Å². The van der Waals surface area contributed by atoms with Crippen LogP contribution in [-0.4, -0.2) is 5.16 Å². The van der Waals surface area contributed by atoms with Gasteiger partial charge < -0.3 is 9.26 Å². The summed E-state index contributed by atoms with van der Waals surface area (Å²) in [5.41, 5.74) is 1.12. The third-order valence-corrected chi connectivity index (χ3v) is 2.65. The Morgan fingerprint density at radius 2 is 2.07 bits per heavy atom. The van der Waals surface area contributed by atoms with Gasteiger partial charge in [0.1, 0.15) is 12.4 Å². The molecular formula is C11H10INO2. The quantitative estimate of drug-likeness (QED) is 0.642. The zero-order valence-electron chi connectivity index (χ0n) is 8.02. The first-order valence-corrected chi connectivity index (χ1v) is 6.09. The molecule has 3 nitrogen and oxygen atoms in total. The molecule has 0 saturated carbocycles. The lowest BCUT2D eigenvalue weighted by Gasteiger charge is -2.00. The maximum absolute atomic E-state index is 5.47. The van der Waals surface area contributed by atoms with E-state index in [0.29, 0.717) is 12.5 Å². The zero-order chi connectivity index (χ0) is 10.5. The Hall–Kier alpha value is -1.04. The van der Waals surface area contributed by atoms with E-state index in [9.17, 15) is 0 Å². The first-order chi connectivity index (χ1) is 7.38. The minimum absolute atomic E-state index is 0.522. The van der Waals surface area contributed by atoms with Crippen LogP contribution in [0.4, 0.5) is 0 Å². The van der Waals surface area contributed by atoms with E-state index in [1.54, 1.807) is 0 Å². The molecule has 0 bridgehead atoms. The summed E-state index contributed by atoms with van der Waals surface area (Å²) >= 11 is 2.22. The molecule has 0 atom stereocenters. The largest absolute Gasteiger partial charge is 0.471 e. The van der Waals surface area contributed by atoms with Gasteiger partial charge in [0.05, 0.1) is 4.43 Å². The summed E-state index contributed by atoms with van der Waals surface area (Å²) in [6.45, 7) is 0.522. The van der Waals surface area contributed by atoms with Crippen LogP contribution >= 0.6 is 22.6 Å². The molecular weight excluding hydrogens is 305 g/mol. The fourth-order valence-corrected chi connectivity index (χ4v) is 1.52. The highest BCUT2D eigenvalue weighted by molar-refractivity contribution is 14.1. The van der Waals surface area contributed by atoms with Crippen molar-refractivity contribution in [3.05, 3.63) is 47.7 Å². The van der Waals surface area contributed by atoms with Crippen LogP contribution in [0.2, 0.25) is 0 Å². The average molecular weight is 315 g/mol. The highest BCUT2D eigenvalue weighted by atomic mass is 127. The molecule has 2 aromatic rings. The third-order valence-electron chi connectivity index (χ3n) is 1.90. The molecule has 2 rings (SSSR count). The fraction of sp³-hybridized carbons (Fsp3) is 0.182.